The Bertz CT molecular complexity index is 419. The summed E-state index contributed by atoms with van der Waals surface area (Å²) in [5.74, 6) is 0.427. The van der Waals surface area contributed by atoms with Gasteiger partial charge in [-0.25, -0.2) is 0 Å². The third-order valence-electron chi connectivity index (χ3n) is 3.72. The predicted octanol–water partition coefficient (Wildman–Crippen LogP) is 2.16. The monoisotopic (exact) mass is 271 g/mol. The summed E-state index contributed by atoms with van der Waals surface area (Å²) in [6, 6.07) is 0.0915. The minimum atomic E-state index is 0.0915. The second kappa shape index (κ2) is 5.59. The van der Waals surface area contributed by atoms with Crippen molar-refractivity contribution >= 4 is 11.6 Å². The smallest absolute Gasteiger partial charge is 0.0847 e. The summed E-state index contributed by atoms with van der Waals surface area (Å²) in [5, 5.41) is 5.18. The number of nitrogens with zero attached hydrogens (tertiary/aromatic N) is 2. The maximum absolute atomic E-state index is 6.30. The summed E-state index contributed by atoms with van der Waals surface area (Å²) < 4.78 is 7.54. The second-order valence-electron chi connectivity index (χ2n) is 5.17. The van der Waals surface area contributed by atoms with E-state index in [1.165, 1.54) is 0 Å². The van der Waals surface area contributed by atoms with Gasteiger partial charge in [-0.05, 0) is 27.2 Å². The van der Waals surface area contributed by atoms with Gasteiger partial charge in [-0.3, -0.25) is 4.68 Å². The van der Waals surface area contributed by atoms with E-state index in [2.05, 4.69) is 18.9 Å². The lowest BCUT2D eigenvalue weighted by atomic mass is 9.94. The van der Waals surface area contributed by atoms with Crippen LogP contribution >= 0.6 is 11.6 Å². The number of aromatic nitrogens is 2. The zero-order chi connectivity index (χ0) is 13.3. The molecular formula is C13H22ClN3O. The fourth-order valence-electron chi connectivity index (χ4n) is 2.60. The van der Waals surface area contributed by atoms with E-state index in [1.54, 1.807) is 0 Å². The van der Waals surface area contributed by atoms with Gasteiger partial charge in [0.1, 0.15) is 0 Å². The Labute approximate surface area is 113 Å². The molecule has 2 N–H and O–H groups in total. The van der Waals surface area contributed by atoms with Crippen LogP contribution in [0.4, 0.5) is 0 Å². The molecule has 0 spiro atoms. The first-order valence-electron chi connectivity index (χ1n) is 6.61. The minimum absolute atomic E-state index is 0.0915. The van der Waals surface area contributed by atoms with Gasteiger partial charge < -0.3 is 10.5 Å². The predicted molar refractivity (Wildman–Crippen MR) is 72.8 cm³/mol. The Morgan fingerprint density at radius 3 is 2.89 bits per heavy atom. The highest BCUT2D eigenvalue weighted by molar-refractivity contribution is 6.31. The van der Waals surface area contributed by atoms with Crippen molar-refractivity contribution in [1.29, 1.82) is 0 Å². The largest absolute Gasteiger partial charge is 0.378 e. The molecular weight excluding hydrogens is 250 g/mol. The highest BCUT2D eigenvalue weighted by Crippen LogP contribution is 2.26. The van der Waals surface area contributed by atoms with Crippen LogP contribution in [-0.2, 0) is 17.7 Å². The maximum atomic E-state index is 6.30. The van der Waals surface area contributed by atoms with Crippen LogP contribution in [0.25, 0.3) is 0 Å². The molecule has 1 saturated heterocycles. The van der Waals surface area contributed by atoms with Gasteiger partial charge in [-0.1, -0.05) is 11.6 Å². The van der Waals surface area contributed by atoms with Crippen molar-refractivity contribution in [3.63, 3.8) is 0 Å². The summed E-state index contributed by atoms with van der Waals surface area (Å²) in [7, 11) is 0. The minimum Gasteiger partial charge on any atom is -0.378 e. The Hall–Kier alpha value is -0.580. The fourth-order valence-corrected chi connectivity index (χ4v) is 2.82. The number of ether oxygens (including phenoxy) is 1. The first-order valence-corrected chi connectivity index (χ1v) is 6.99. The van der Waals surface area contributed by atoms with E-state index in [4.69, 9.17) is 22.1 Å². The summed E-state index contributed by atoms with van der Waals surface area (Å²) in [6.45, 7) is 7.69. The summed E-state index contributed by atoms with van der Waals surface area (Å²) in [5.41, 5.74) is 8.24. The number of hydrogen-bond donors (Lipinski definition) is 1. The van der Waals surface area contributed by atoms with Gasteiger partial charge in [0, 0.05) is 24.9 Å². The third-order valence-corrected chi connectivity index (χ3v) is 4.21. The van der Waals surface area contributed by atoms with Crippen molar-refractivity contribution in [3.05, 3.63) is 16.4 Å². The fraction of sp³-hybridized carbons (Fsp3) is 0.769. The van der Waals surface area contributed by atoms with E-state index >= 15 is 0 Å². The van der Waals surface area contributed by atoms with Gasteiger partial charge in [0.05, 0.1) is 29.1 Å². The molecule has 0 radical (unpaired) electrons. The zero-order valence-electron chi connectivity index (χ0n) is 11.3. The molecule has 1 aliphatic heterocycles. The molecule has 5 heteroatoms. The van der Waals surface area contributed by atoms with Crippen molar-refractivity contribution in [2.45, 2.75) is 52.3 Å². The Balaban J connectivity index is 2.09. The number of rotatable bonds is 4. The number of aryl methyl sites for hydroxylation is 2. The van der Waals surface area contributed by atoms with E-state index in [0.717, 1.165) is 42.4 Å². The van der Waals surface area contributed by atoms with Gasteiger partial charge in [0.25, 0.3) is 0 Å². The van der Waals surface area contributed by atoms with Crippen LogP contribution in [0.2, 0.25) is 5.02 Å². The zero-order valence-corrected chi connectivity index (χ0v) is 12.1. The average Bonchev–Trinajstić information content (AvgIpc) is 2.88. The normalized spacial score (nSPS) is 25.6. The molecule has 2 rings (SSSR count). The SMILES string of the molecule is CCn1nc(C)c(Cl)c1CC(N)C1COC(C)C1. The van der Waals surface area contributed by atoms with Crippen molar-refractivity contribution in [3.8, 4) is 0 Å². The first-order chi connectivity index (χ1) is 8.52. The lowest BCUT2D eigenvalue weighted by Gasteiger charge is -2.18. The molecule has 0 amide bonds. The highest BCUT2D eigenvalue weighted by Gasteiger charge is 2.29. The average molecular weight is 272 g/mol. The lowest BCUT2D eigenvalue weighted by molar-refractivity contribution is 0.118. The Kier molecular flexibility index (Phi) is 4.30. The van der Waals surface area contributed by atoms with E-state index in [0.29, 0.717) is 12.0 Å². The third kappa shape index (κ3) is 2.71. The van der Waals surface area contributed by atoms with Crippen LogP contribution in [0.1, 0.15) is 31.7 Å². The molecule has 3 atom stereocenters. The van der Waals surface area contributed by atoms with Gasteiger partial charge in [-0.15, -0.1) is 0 Å². The first kappa shape index (κ1) is 13.8. The molecule has 1 aromatic rings. The lowest BCUT2D eigenvalue weighted by Crippen LogP contribution is -2.33. The van der Waals surface area contributed by atoms with E-state index < -0.39 is 0 Å². The Morgan fingerprint density at radius 1 is 1.61 bits per heavy atom. The van der Waals surface area contributed by atoms with Crippen LogP contribution in [0.5, 0.6) is 0 Å². The molecule has 18 heavy (non-hydrogen) atoms. The van der Waals surface area contributed by atoms with Gasteiger partial charge in [0.2, 0.25) is 0 Å². The van der Waals surface area contributed by atoms with Crippen molar-refractivity contribution < 1.29 is 4.74 Å². The molecule has 1 aromatic heterocycles. The van der Waals surface area contributed by atoms with Gasteiger partial charge in [-0.2, -0.15) is 5.10 Å². The molecule has 0 bridgehead atoms. The van der Waals surface area contributed by atoms with Gasteiger partial charge >= 0.3 is 0 Å². The number of nitrogens with two attached hydrogens (primary N) is 1. The topological polar surface area (TPSA) is 53.1 Å². The highest BCUT2D eigenvalue weighted by atomic mass is 35.5. The van der Waals surface area contributed by atoms with Crippen molar-refractivity contribution in [2.75, 3.05) is 6.61 Å². The standard InChI is InChI=1S/C13H22ClN3O/c1-4-17-12(13(14)9(3)16-17)6-11(15)10-5-8(2)18-7-10/h8,10-11H,4-7,15H2,1-3H3. The van der Waals surface area contributed by atoms with Crippen LogP contribution in [0.3, 0.4) is 0 Å². The van der Waals surface area contributed by atoms with Crippen LogP contribution in [-0.4, -0.2) is 28.5 Å². The molecule has 4 nitrogen and oxygen atoms in total. The number of halogens is 1. The molecule has 1 fully saturated rings. The van der Waals surface area contributed by atoms with Crippen molar-refractivity contribution in [2.24, 2.45) is 11.7 Å². The molecule has 0 saturated carbocycles. The summed E-state index contributed by atoms with van der Waals surface area (Å²) in [6.07, 6.45) is 2.14. The van der Waals surface area contributed by atoms with Gasteiger partial charge in [0.15, 0.2) is 0 Å². The molecule has 102 valence electrons. The quantitative estimate of drug-likeness (QED) is 0.913. The molecule has 0 aromatic carbocycles. The molecule has 0 aliphatic carbocycles. The Morgan fingerprint density at radius 2 is 2.33 bits per heavy atom. The molecule has 3 unspecified atom stereocenters. The van der Waals surface area contributed by atoms with E-state index in [9.17, 15) is 0 Å². The van der Waals surface area contributed by atoms with Crippen molar-refractivity contribution in [1.82, 2.24) is 9.78 Å². The number of hydrogen-bond acceptors (Lipinski definition) is 3. The van der Waals surface area contributed by atoms with E-state index in [1.807, 2.05) is 11.6 Å². The van der Waals surface area contributed by atoms with Crippen LogP contribution < -0.4 is 5.73 Å². The summed E-state index contributed by atoms with van der Waals surface area (Å²) >= 11 is 6.30. The van der Waals surface area contributed by atoms with Crippen LogP contribution in [0.15, 0.2) is 0 Å². The molecule has 1 aliphatic rings. The summed E-state index contributed by atoms with van der Waals surface area (Å²) in [4.78, 5) is 0. The van der Waals surface area contributed by atoms with Crippen LogP contribution in [0, 0.1) is 12.8 Å². The maximum Gasteiger partial charge on any atom is 0.0847 e. The second-order valence-corrected chi connectivity index (χ2v) is 5.55. The van der Waals surface area contributed by atoms with E-state index in [-0.39, 0.29) is 6.04 Å². The molecule has 2 heterocycles.